The molecule has 3 heterocycles. The molecule has 0 bridgehead atoms. The minimum Gasteiger partial charge on any atom is -0.335 e. The molecule has 102 valence electrons. The van der Waals surface area contributed by atoms with Crippen molar-refractivity contribution in [1.29, 1.82) is 0 Å². The van der Waals surface area contributed by atoms with Gasteiger partial charge in [0.25, 0.3) is 0 Å². The first-order chi connectivity index (χ1) is 9.22. The Morgan fingerprint density at radius 3 is 3.11 bits per heavy atom. The molecule has 0 saturated carbocycles. The van der Waals surface area contributed by atoms with Gasteiger partial charge in [-0.05, 0) is 25.5 Å². The summed E-state index contributed by atoms with van der Waals surface area (Å²) in [4.78, 5) is 6.77. The van der Waals surface area contributed by atoms with E-state index in [0.717, 1.165) is 32.0 Å². The lowest BCUT2D eigenvalue weighted by Crippen LogP contribution is -2.31. The third-order valence-corrected chi connectivity index (χ3v) is 3.96. The van der Waals surface area contributed by atoms with Crippen molar-refractivity contribution < 1.29 is 0 Å². The molecule has 2 aromatic rings. The standard InChI is InChI=1S/C14H21N5/c1-17(11-13-5-6-16-18(13)2)9-12-3-4-14-15-7-8-19(14)10-12/h5-8,12H,3-4,9-11H2,1-2H3. The van der Waals surface area contributed by atoms with E-state index in [9.17, 15) is 0 Å². The average Bonchev–Trinajstić information content (AvgIpc) is 2.98. The summed E-state index contributed by atoms with van der Waals surface area (Å²) in [7, 11) is 4.19. The second-order valence-electron chi connectivity index (χ2n) is 5.54. The van der Waals surface area contributed by atoms with Gasteiger partial charge in [0.2, 0.25) is 0 Å². The normalized spacial score (nSPS) is 18.8. The van der Waals surface area contributed by atoms with Crippen molar-refractivity contribution in [1.82, 2.24) is 24.2 Å². The molecule has 3 rings (SSSR count). The van der Waals surface area contributed by atoms with Crippen LogP contribution in [0.5, 0.6) is 0 Å². The Kier molecular flexibility index (Phi) is 3.38. The molecule has 5 nitrogen and oxygen atoms in total. The number of rotatable bonds is 4. The van der Waals surface area contributed by atoms with Gasteiger partial charge in [-0.25, -0.2) is 4.98 Å². The summed E-state index contributed by atoms with van der Waals surface area (Å²) >= 11 is 0. The van der Waals surface area contributed by atoms with E-state index in [1.165, 1.54) is 17.9 Å². The quantitative estimate of drug-likeness (QED) is 0.831. The lowest BCUT2D eigenvalue weighted by Gasteiger charge is -2.28. The smallest absolute Gasteiger partial charge is 0.108 e. The highest BCUT2D eigenvalue weighted by Crippen LogP contribution is 2.19. The van der Waals surface area contributed by atoms with Crippen LogP contribution in [0.15, 0.2) is 24.7 Å². The number of aromatic nitrogens is 4. The van der Waals surface area contributed by atoms with E-state index in [-0.39, 0.29) is 0 Å². The summed E-state index contributed by atoms with van der Waals surface area (Å²) in [5.74, 6) is 1.96. The number of hydrogen-bond acceptors (Lipinski definition) is 3. The zero-order chi connectivity index (χ0) is 13.2. The highest BCUT2D eigenvalue weighted by molar-refractivity contribution is 5.00. The van der Waals surface area contributed by atoms with Crippen LogP contribution in [0.3, 0.4) is 0 Å². The minimum absolute atomic E-state index is 0.722. The summed E-state index contributed by atoms with van der Waals surface area (Å²) in [5.41, 5.74) is 1.27. The SMILES string of the molecule is CN(Cc1ccnn1C)CC1CCc2nccn2C1. The third kappa shape index (κ3) is 2.71. The number of fused-ring (bicyclic) bond motifs is 1. The van der Waals surface area contributed by atoms with E-state index in [4.69, 9.17) is 0 Å². The first kappa shape index (κ1) is 12.4. The molecule has 0 N–H and O–H groups in total. The van der Waals surface area contributed by atoms with Crippen molar-refractivity contribution in [2.45, 2.75) is 25.9 Å². The fourth-order valence-corrected chi connectivity index (χ4v) is 2.92. The molecule has 0 amide bonds. The van der Waals surface area contributed by atoms with Gasteiger partial charge in [0.1, 0.15) is 5.82 Å². The highest BCUT2D eigenvalue weighted by Gasteiger charge is 2.20. The van der Waals surface area contributed by atoms with Gasteiger partial charge in [-0.1, -0.05) is 0 Å². The molecule has 0 radical (unpaired) electrons. The lowest BCUT2D eigenvalue weighted by atomic mass is 9.99. The van der Waals surface area contributed by atoms with Crippen LogP contribution in [0.4, 0.5) is 0 Å². The Bertz CT molecular complexity index is 542. The Morgan fingerprint density at radius 2 is 2.32 bits per heavy atom. The van der Waals surface area contributed by atoms with E-state index in [1.807, 2.05) is 24.1 Å². The van der Waals surface area contributed by atoms with E-state index < -0.39 is 0 Å². The first-order valence-electron chi connectivity index (χ1n) is 6.88. The largest absolute Gasteiger partial charge is 0.335 e. The first-order valence-corrected chi connectivity index (χ1v) is 6.88. The van der Waals surface area contributed by atoms with E-state index in [1.54, 1.807) is 0 Å². The van der Waals surface area contributed by atoms with E-state index >= 15 is 0 Å². The number of imidazole rings is 1. The predicted molar refractivity (Wildman–Crippen MR) is 73.6 cm³/mol. The summed E-state index contributed by atoms with van der Waals surface area (Å²) in [6.45, 7) is 3.19. The van der Waals surface area contributed by atoms with Crippen LogP contribution in [0.1, 0.15) is 17.9 Å². The van der Waals surface area contributed by atoms with Gasteiger partial charge in [0.15, 0.2) is 0 Å². The molecular weight excluding hydrogens is 238 g/mol. The van der Waals surface area contributed by atoms with Crippen LogP contribution >= 0.6 is 0 Å². The van der Waals surface area contributed by atoms with Crippen LogP contribution in [0, 0.1) is 5.92 Å². The van der Waals surface area contributed by atoms with Crippen molar-refractivity contribution in [2.24, 2.45) is 13.0 Å². The average molecular weight is 259 g/mol. The highest BCUT2D eigenvalue weighted by atomic mass is 15.3. The Labute approximate surface area is 113 Å². The summed E-state index contributed by atoms with van der Waals surface area (Å²) in [6.07, 6.45) is 8.23. The van der Waals surface area contributed by atoms with Gasteiger partial charge in [-0.15, -0.1) is 0 Å². The molecule has 0 fully saturated rings. The number of nitrogens with zero attached hydrogens (tertiary/aromatic N) is 5. The Hall–Kier alpha value is -1.62. The zero-order valence-corrected chi connectivity index (χ0v) is 11.7. The van der Waals surface area contributed by atoms with Gasteiger partial charge in [0, 0.05) is 51.7 Å². The maximum absolute atomic E-state index is 4.38. The summed E-state index contributed by atoms with van der Waals surface area (Å²) in [5, 5.41) is 4.22. The molecule has 0 spiro atoms. The molecule has 1 unspecified atom stereocenters. The van der Waals surface area contributed by atoms with Crippen molar-refractivity contribution in [3.63, 3.8) is 0 Å². The molecule has 2 aromatic heterocycles. The molecule has 1 aliphatic heterocycles. The van der Waals surface area contributed by atoms with Crippen LogP contribution in [0.25, 0.3) is 0 Å². The fraction of sp³-hybridized carbons (Fsp3) is 0.571. The van der Waals surface area contributed by atoms with E-state index in [2.05, 4.69) is 38.9 Å². The molecule has 5 heteroatoms. The van der Waals surface area contributed by atoms with Crippen molar-refractivity contribution in [3.05, 3.63) is 36.2 Å². The Morgan fingerprint density at radius 1 is 1.42 bits per heavy atom. The molecule has 1 aliphatic rings. The monoisotopic (exact) mass is 259 g/mol. The van der Waals surface area contributed by atoms with E-state index in [0.29, 0.717) is 0 Å². The second-order valence-corrected chi connectivity index (χ2v) is 5.54. The van der Waals surface area contributed by atoms with Crippen molar-refractivity contribution in [2.75, 3.05) is 13.6 Å². The van der Waals surface area contributed by atoms with Crippen LogP contribution in [0.2, 0.25) is 0 Å². The number of hydrogen-bond donors (Lipinski definition) is 0. The third-order valence-electron chi connectivity index (χ3n) is 3.96. The second kappa shape index (κ2) is 5.17. The predicted octanol–water partition coefficient (Wildman–Crippen LogP) is 1.31. The molecule has 19 heavy (non-hydrogen) atoms. The van der Waals surface area contributed by atoms with Gasteiger partial charge < -0.3 is 9.47 Å². The van der Waals surface area contributed by atoms with Crippen molar-refractivity contribution >= 4 is 0 Å². The maximum atomic E-state index is 4.38. The van der Waals surface area contributed by atoms with Crippen LogP contribution in [-0.4, -0.2) is 37.8 Å². The van der Waals surface area contributed by atoms with Crippen LogP contribution in [-0.2, 0) is 26.6 Å². The lowest BCUT2D eigenvalue weighted by molar-refractivity contribution is 0.225. The summed E-state index contributed by atoms with van der Waals surface area (Å²) in [6, 6.07) is 2.09. The van der Waals surface area contributed by atoms with Crippen molar-refractivity contribution in [3.8, 4) is 0 Å². The maximum Gasteiger partial charge on any atom is 0.108 e. The van der Waals surface area contributed by atoms with Gasteiger partial charge in [0.05, 0.1) is 5.69 Å². The van der Waals surface area contributed by atoms with Gasteiger partial charge in [-0.3, -0.25) is 4.68 Å². The molecular formula is C14H21N5. The van der Waals surface area contributed by atoms with Gasteiger partial charge in [-0.2, -0.15) is 5.10 Å². The molecule has 0 aromatic carbocycles. The Balaban J connectivity index is 1.56. The topological polar surface area (TPSA) is 38.9 Å². The minimum atomic E-state index is 0.722. The number of aryl methyl sites for hydroxylation is 2. The van der Waals surface area contributed by atoms with Gasteiger partial charge >= 0.3 is 0 Å². The molecule has 1 atom stereocenters. The zero-order valence-electron chi connectivity index (χ0n) is 11.7. The summed E-state index contributed by atoms with van der Waals surface area (Å²) < 4.78 is 4.25. The fourth-order valence-electron chi connectivity index (χ4n) is 2.92. The molecule has 0 aliphatic carbocycles. The molecule has 0 saturated heterocycles. The van der Waals surface area contributed by atoms with Crippen LogP contribution < -0.4 is 0 Å².